The molecule has 15 nitrogen and oxygen atoms in total. The summed E-state index contributed by atoms with van der Waals surface area (Å²) in [4.78, 5) is 89.8. The smallest absolute Gasteiger partial charge is 0.304 e. The van der Waals surface area contributed by atoms with E-state index in [1.165, 1.54) is 47.4 Å². The predicted molar refractivity (Wildman–Crippen MR) is 210 cm³/mol. The number of rotatable bonds is 34. The largest absolute Gasteiger partial charge is 0.481 e. The van der Waals surface area contributed by atoms with Gasteiger partial charge in [-0.15, -0.1) is 0 Å². The van der Waals surface area contributed by atoms with Gasteiger partial charge in [0.15, 0.2) is 11.7 Å². The lowest BCUT2D eigenvalue weighted by molar-refractivity contribution is -0.142. The minimum Gasteiger partial charge on any atom is -0.481 e. The first-order valence-electron chi connectivity index (χ1n) is 18.6. The number of aliphatic carboxylic acids is 1. The molecular weight excluding hydrogens is 723 g/mol. The second kappa shape index (κ2) is 32.1. The van der Waals surface area contributed by atoms with Crippen LogP contribution in [0.15, 0.2) is 4.99 Å². The highest BCUT2D eigenvalue weighted by atomic mass is 33.1. The lowest BCUT2D eigenvalue weighted by Gasteiger charge is -2.22. The second-order valence-corrected chi connectivity index (χ2v) is 15.3. The van der Waals surface area contributed by atoms with Gasteiger partial charge in [0, 0.05) is 69.2 Å². The summed E-state index contributed by atoms with van der Waals surface area (Å²) >= 11 is 0. The molecule has 17 heteroatoms. The number of hydrogen-bond acceptors (Lipinski definition) is 10. The molecule has 0 aliphatic heterocycles. The fourth-order valence-corrected chi connectivity index (χ4v) is 6.65. The Kier molecular flexibility index (Phi) is 30.1. The summed E-state index contributed by atoms with van der Waals surface area (Å²) in [5, 5.41) is 20.2. The maximum Gasteiger partial charge on any atom is 0.304 e. The summed E-state index contributed by atoms with van der Waals surface area (Å²) in [6, 6.07) is -1.11. The van der Waals surface area contributed by atoms with E-state index in [0.29, 0.717) is 37.3 Å². The summed E-state index contributed by atoms with van der Waals surface area (Å²) in [5.41, 5.74) is 10.7. The number of aliphatic imine (C=N–C) groups is 1. The molecule has 4 amide bonds. The fourth-order valence-electron chi connectivity index (χ4n) is 4.92. The average Bonchev–Trinajstić information content (AvgIpc) is 3.10. The van der Waals surface area contributed by atoms with Gasteiger partial charge in [-0.25, -0.2) is 0 Å². The molecule has 0 aliphatic carbocycles. The number of unbranched alkanes of at least 4 members (excludes halogenated alkanes) is 6. The van der Waals surface area contributed by atoms with Crippen LogP contribution in [-0.4, -0.2) is 89.4 Å². The van der Waals surface area contributed by atoms with E-state index in [9.17, 15) is 38.7 Å². The quantitative estimate of drug-likeness (QED) is 0.0215. The Labute approximate surface area is 323 Å². The predicted octanol–water partition coefficient (Wildman–Crippen LogP) is 3.08. The normalized spacial score (nSPS) is 12.5. The molecule has 0 bridgehead atoms. The zero-order valence-electron chi connectivity index (χ0n) is 31.5. The van der Waals surface area contributed by atoms with Crippen LogP contribution in [-0.2, 0) is 33.6 Å². The van der Waals surface area contributed by atoms with Crippen LogP contribution in [0.3, 0.4) is 0 Å². The molecule has 0 unspecified atom stereocenters. The van der Waals surface area contributed by atoms with Crippen molar-refractivity contribution in [1.29, 1.82) is 0 Å². The Balaban J connectivity index is 4.40. The number of nitrogens with one attached hydrogen (secondary N) is 4. The Morgan fingerprint density at radius 2 is 1.43 bits per heavy atom. The van der Waals surface area contributed by atoms with E-state index in [2.05, 4.69) is 33.2 Å². The number of hydrogen-bond donors (Lipinski definition) is 7. The van der Waals surface area contributed by atoms with Gasteiger partial charge in [-0.3, -0.25) is 38.6 Å². The molecule has 0 saturated carbocycles. The van der Waals surface area contributed by atoms with Crippen LogP contribution < -0.4 is 32.7 Å². The zero-order valence-corrected chi connectivity index (χ0v) is 33.1. The molecule has 9 N–H and O–H groups in total. The van der Waals surface area contributed by atoms with Gasteiger partial charge < -0.3 is 37.8 Å². The Bertz CT molecular complexity index is 1150. The third-order valence-corrected chi connectivity index (χ3v) is 10.2. The van der Waals surface area contributed by atoms with Crippen molar-refractivity contribution < 1.29 is 38.7 Å². The summed E-state index contributed by atoms with van der Waals surface area (Å²) in [6.45, 7) is 12.7. The highest BCUT2D eigenvalue weighted by Gasteiger charge is 2.30. The van der Waals surface area contributed by atoms with Crippen molar-refractivity contribution in [3.63, 3.8) is 0 Å². The molecule has 3 radical (unpaired) electrons. The number of carboxylic acid groups (broad SMARTS) is 1. The molecule has 0 aromatic rings. The van der Waals surface area contributed by atoms with Gasteiger partial charge in [0.1, 0.15) is 5.78 Å². The molecular formula is C36H62N7O8S2. The summed E-state index contributed by atoms with van der Waals surface area (Å²) in [5.74, 6) is -4.99. The van der Waals surface area contributed by atoms with Crippen molar-refractivity contribution in [3.8, 4) is 0 Å². The number of nitrogens with two attached hydrogens (primary N) is 2. The lowest BCUT2D eigenvalue weighted by atomic mass is 9.93. The van der Waals surface area contributed by atoms with Crippen LogP contribution in [0.1, 0.15) is 117 Å². The molecule has 0 heterocycles. The van der Waals surface area contributed by atoms with Crippen molar-refractivity contribution in [2.24, 2.45) is 28.3 Å². The van der Waals surface area contributed by atoms with Gasteiger partial charge >= 0.3 is 5.97 Å². The van der Waals surface area contributed by atoms with E-state index in [-0.39, 0.29) is 49.4 Å². The molecule has 3 atom stereocenters. The molecule has 0 spiro atoms. The molecule has 0 fully saturated rings. The number of carboxylic acids is 1. The van der Waals surface area contributed by atoms with Gasteiger partial charge in [-0.05, 0) is 39.0 Å². The van der Waals surface area contributed by atoms with E-state index in [0.717, 1.165) is 38.6 Å². The monoisotopic (exact) mass is 784 g/mol. The number of amides is 4. The summed E-state index contributed by atoms with van der Waals surface area (Å²) < 4.78 is 0. The van der Waals surface area contributed by atoms with Crippen LogP contribution in [0, 0.1) is 25.3 Å². The zero-order chi connectivity index (χ0) is 39.9. The number of ketones is 2. The summed E-state index contributed by atoms with van der Waals surface area (Å²) in [6.07, 6.45) is 8.36. The third-order valence-electron chi connectivity index (χ3n) is 7.97. The first-order valence-corrected chi connectivity index (χ1v) is 21.1. The van der Waals surface area contributed by atoms with Crippen LogP contribution in [0.2, 0.25) is 0 Å². The van der Waals surface area contributed by atoms with Gasteiger partial charge in [-0.1, -0.05) is 67.5 Å². The van der Waals surface area contributed by atoms with E-state index in [1.807, 2.05) is 0 Å². The molecule has 0 aromatic heterocycles. The Morgan fingerprint density at radius 3 is 2.06 bits per heavy atom. The topological polar surface area (TPSA) is 252 Å². The molecule has 0 aromatic carbocycles. The fraction of sp³-hybridized carbons (Fsp3) is 0.722. The van der Waals surface area contributed by atoms with Crippen LogP contribution in [0.25, 0.3) is 0 Å². The van der Waals surface area contributed by atoms with Gasteiger partial charge in [0.05, 0.1) is 24.9 Å². The maximum atomic E-state index is 13.1. The Morgan fingerprint density at radius 1 is 0.792 bits per heavy atom. The van der Waals surface area contributed by atoms with Crippen LogP contribution >= 0.6 is 21.6 Å². The van der Waals surface area contributed by atoms with E-state index >= 15 is 0 Å². The second-order valence-electron chi connectivity index (χ2n) is 12.7. The first-order chi connectivity index (χ1) is 25.3. The number of carbonyl (C=O) groups excluding carboxylic acids is 6. The van der Waals surface area contributed by atoms with Crippen molar-refractivity contribution >= 4 is 68.7 Å². The molecule has 301 valence electrons. The Hall–Kier alpha value is -3.34. The number of Topliss-reactive ketones (excluding diaryl/α,β-unsaturated/α-hetero) is 2. The highest BCUT2D eigenvalue weighted by Crippen LogP contribution is 2.22. The van der Waals surface area contributed by atoms with Crippen molar-refractivity contribution in [2.45, 2.75) is 123 Å². The van der Waals surface area contributed by atoms with Crippen LogP contribution in [0.5, 0.6) is 0 Å². The minimum atomic E-state index is -1.26. The van der Waals surface area contributed by atoms with Gasteiger partial charge in [-0.2, -0.15) is 0 Å². The van der Waals surface area contributed by atoms with Crippen molar-refractivity contribution in [1.82, 2.24) is 21.3 Å². The first kappa shape index (κ1) is 49.7. The number of guanidine groups is 1. The minimum absolute atomic E-state index is 0.0515. The number of nitrogens with zero attached hydrogens (tertiary/aromatic N) is 1. The molecule has 0 aliphatic rings. The third kappa shape index (κ3) is 28.8. The number of carbonyl (C=O) groups is 7. The van der Waals surface area contributed by atoms with Crippen LogP contribution in [0.4, 0.5) is 0 Å². The van der Waals surface area contributed by atoms with Gasteiger partial charge in [0.25, 0.3) is 0 Å². The highest BCUT2D eigenvalue weighted by molar-refractivity contribution is 8.76. The average molecular weight is 785 g/mol. The van der Waals surface area contributed by atoms with E-state index in [4.69, 9.17) is 18.4 Å². The van der Waals surface area contributed by atoms with Crippen molar-refractivity contribution in [2.75, 3.05) is 31.1 Å². The maximum absolute atomic E-state index is 13.1. The van der Waals surface area contributed by atoms with E-state index < -0.39 is 54.3 Å². The van der Waals surface area contributed by atoms with Crippen molar-refractivity contribution in [3.05, 3.63) is 13.5 Å². The van der Waals surface area contributed by atoms with E-state index in [1.54, 1.807) is 6.92 Å². The standard InChI is InChI=1S/C36H62N7O8S2/c1-4-6-7-8-11-17-39-31(46)15-10-9-12-18-40-32(47)16-21-52-53-22-20-41-34(50)26(3)23-30(45)29(14-13-19-42-36(37)38)43-35(51)27(25-33(48)49)24-28(44)5-2/h3,20,26-27,29H,4-19,21-25H2,1-2H3,(H,39,46)(H,40,47)(H,41,50)(H,43,51)(H,48,49)(H4,37,38,42)/t26-,27+,29+/m1/s1. The van der Waals surface area contributed by atoms with Gasteiger partial charge in [0.2, 0.25) is 23.6 Å². The molecule has 0 rings (SSSR count). The lowest BCUT2D eigenvalue weighted by Crippen LogP contribution is -2.45. The molecule has 0 saturated heterocycles. The SMILES string of the molecule is [CH][C@H](CC(=O)[C@H](CCCN=C(N)N)NC(=O)[C@H](CC(=O)O)CC(=O)CC)C(=O)N[CH]CSSCCC(=O)NCCCCCC(=O)NCCCCCCC. The molecule has 53 heavy (non-hydrogen) atoms. The summed E-state index contributed by atoms with van der Waals surface area (Å²) in [7, 11) is 2.89.